The Hall–Kier alpha value is -2.99. The number of fused-ring (bicyclic) bond motifs is 1. The number of ether oxygens (including phenoxy) is 3. The lowest BCUT2D eigenvalue weighted by Gasteiger charge is -2.21. The van der Waals surface area contributed by atoms with Crippen molar-refractivity contribution in [2.75, 3.05) is 6.61 Å². The Bertz CT molecular complexity index is 1100. The third kappa shape index (κ3) is 4.76. The Kier molecular flexibility index (Phi) is 6.23. The largest absolute Gasteiger partial charge is 0.482 e. The SMILES string of the molecule is O=C(COc1ccc2c(=O)c(Oc3ccccc3Cl)coc2c1)OC1CCCCC1. The first kappa shape index (κ1) is 20.3. The molecule has 1 fully saturated rings. The number of rotatable bonds is 6. The third-order valence-corrected chi connectivity index (χ3v) is 5.29. The van der Waals surface area contributed by atoms with Gasteiger partial charge in [-0.05, 0) is 49.9 Å². The molecule has 0 amide bonds. The zero-order valence-corrected chi connectivity index (χ0v) is 17.0. The summed E-state index contributed by atoms with van der Waals surface area (Å²) in [5.41, 5.74) is -0.0101. The van der Waals surface area contributed by atoms with E-state index in [2.05, 4.69) is 0 Å². The topological polar surface area (TPSA) is 75.0 Å². The number of carbonyl (C=O) groups excluding carboxylic acids is 1. The van der Waals surface area contributed by atoms with E-state index in [0.29, 0.717) is 27.5 Å². The standard InChI is InChI=1S/C23H21ClO6/c24-18-8-4-5-9-19(18)30-21-13-28-20-12-16(10-11-17(20)23(21)26)27-14-22(25)29-15-6-2-1-3-7-15/h4-5,8-13,15H,1-3,6-7,14H2. The molecule has 0 aliphatic heterocycles. The summed E-state index contributed by atoms with van der Waals surface area (Å²) in [7, 11) is 0. The van der Waals surface area contributed by atoms with Crippen LogP contribution in [0.25, 0.3) is 11.0 Å². The van der Waals surface area contributed by atoms with Gasteiger partial charge in [-0.3, -0.25) is 4.79 Å². The minimum absolute atomic E-state index is 0.0130. The van der Waals surface area contributed by atoms with E-state index in [1.165, 1.54) is 12.7 Å². The summed E-state index contributed by atoms with van der Waals surface area (Å²) >= 11 is 6.08. The molecule has 1 heterocycles. The molecule has 0 N–H and O–H groups in total. The van der Waals surface area contributed by atoms with Crippen LogP contribution in [0.2, 0.25) is 5.02 Å². The summed E-state index contributed by atoms with van der Waals surface area (Å²) in [6.07, 6.45) is 6.40. The second kappa shape index (κ2) is 9.22. The van der Waals surface area contributed by atoms with Crippen LogP contribution in [0.5, 0.6) is 17.2 Å². The number of para-hydroxylation sites is 1. The van der Waals surface area contributed by atoms with Crippen molar-refractivity contribution in [3.63, 3.8) is 0 Å². The minimum Gasteiger partial charge on any atom is -0.482 e. The summed E-state index contributed by atoms with van der Waals surface area (Å²) in [4.78, 5) is 24.7. The van der Waals surface area contributed by atoms with Gasteiger partial charge in [-0.15, -0.1) is 0 Å². The predicted molar refractivity (Wildman–Crippen MR) is 112 cm³/mol. The molecule has 0 spiro atoms. The van der Waals surface area contributed by atoms with Gasteiger partial charge in [-0.2, -0.15) is 0 Å². The van der Waals surface area contributed by atoms with Crippen LogP contribution in [0.4, 0.5) is 0 Å². The van der Waals surface area contributed by atoms with E-state index < -0.39 is 5.97 Å². The summed E-state index contributed by atoms with van der Waals surface area (Å²) in [5.74, 6) is 0.403. The van der Waals surface area contributed by atoms with E-state index in [1.807, 2.05) is 0 Å². The van der Waals surface area contributed by atoms with E-state index in [1.54, 1.807) is 42.5 Å². The first-order chi connectivity index (χ1) is 14.6. The Labute approximate surface area is 178 Å². The number of halogens is 1. The predicted octanol–water partition coefficient (Wildman–Crippen LogP) is 5.49. The maximum Gasteiger partial charge on any atom is 0.344 e. The zero-order chi connectivity index (χ0) is 20.9. The molecule has 156 valence electrons. The first-order valence-electron chi connectivity index (χ1n) is 9.90. The van der Waals surface area contributed by atoms with Crippen molar-refractivity contribution in [2.45, 2.75) is 38.2 Å². The van der Waals surface area contributed by atoms with Gasteiger partial charge in [-0.1, -0.05) is 30.2 Å². The van der Waals surface area contributed by atoms with Crippen molar-refractivity contribution < 1.29 is 23.4 Å². The van der Waals surface area contributed by atoms with Crippen LogP contribution in [-0.2, 0) is 9.53 Å². The van der Waals surface area contributed by atoms with Gasteiger partial charge in [0.1, 0.15) is 29.4 Å². The molecule has 30 heavy (non-hydrogen) atoms. The average molecular weight is 429 g/mol. The fourth-order valence-electron chi connectivity index (χ4n) is 3.44. The van der Waals surface area contributed by atoms with Crippen LogP contribution < -0.4 is 14.9 Å². The fraction of sp³-hybridized carbons (Fsp3) is 0.304. The number of carbonyl (C=O) groups is 1. The Morgan fingerprint density at radius 2 is 1.87 bits per heavy atom. The number of esters is 1. The van der Waals surface area contributed by atoms with Gasteiger partial charge >= 0.3 is 5.97 Å². The summed E-state index contributed by atoms with van der Waals surface area (Å²) in [6.45, 7) is -0.195. The molecule has 1 saturated carbocycles. The first-order valence-corrected chi connectivity index (χ1v) is 10.3. The van der Waals surface area contributed by atoms with Gasteiger partial charge in [0.05, 0.1) is 10.4 Å². The van der Waals surface area contributed by atoms with Gasteiger partial charge in [-0.25, -0.2) is 4.79 Å². The molecule has 2 aromatic carbocycles. The number of benzene rings is 2. The van der Waals surface area contributed by atoms with Gasteiger partial charge in [0, 0.05) is 6.07 Å². The quantitative estimate of drug-likeness (QED) is 0.483. The van der Waals surface area contributed by atoms with Crippen LogP contribution in [0.15, 0.2) is 57.9 Å². The summed E-state index contributed by atoms with van der Waals surface area (Å²) in [6, 6.07) is 11.6. The molecule has 4 rings (SSSR count). The van der Waals surface area contributed by atoms with Gasteiger partial charge in [0.2, 0.25) is 11.2 Å². The molecule has 0 bridgehead atoms. The van der Waals surface area contributed by atoms with Crippen LogP contribution >= 0.6 is 11.6 Å². The molecule has 0 radical (unpaired) electrons. The van der Waals surface area contributed by atoms with Crippen molar-refractivity contribution in [2.24, 2.45) is 0 Å². The lowest BCUT2D eigenvalue weighted by molar-refractivity contribution is -0.152. The molecule has 6 nitrogen and oxygen atoms in total. The molecule has 0 saturated heterocycles. The van der Waals surface area contributed by atoms with E-state index in [0.717, 1.165) is 25.7 Å². The zero-order valence-electron chi connectivity index (χ0n) is 16.3. The van der Waals surface area contributed by atoms with Crippen molar-refractivity contribution in [1.29, 1.82) is 0 Å². The number of hydrogen-bond acceptors (Lipinski definition) is 6. The second-order valence-electron chi connectivity index (χ2n) is 7.16. The molecular weight excluding hydrogens is 408 g/mol. The van der Waals surface area contributed by atoms with E-state index >= 15 is 0 Å². The van der Waals surface area contributed by atoms with E-state index in [9.17, 15) is 9.59 Å². The van der Waals surface area contributed by atoms with Crippen LogP contribution in [0, 0.1) is 0 Å². The van der Waals surface area contributed by atoms with E-state index in [-0.39, 0.29) is 23.9 Å². The van der Waals surface area contributed by atoms with Crippen LogP contribution in [-0.4, -0.2) is 18.7 Å². The van der Waals surface area contributed by atoms with Gasteiger partial charge in [0.25, 0.3) is 0 Å². The minimum atomic E-state index is -0.396. The molecular formula is C23H21ClO6. The molecule has 0 unspecified atom stereocenters. The maximum absolute atomic E-state index is 12.7. The number of hydrogen-bond donors (Lipinski definition) is 0. The molecule has 1 aliphatic carbocycles. The molecule has 3 aromatic rings. The lowest BCUT2D eigenvalue weighted by atomic mass is 9.98. The highest BCUT2D eigenvalue weighted by Gasteiger charge is 2.18. The fourth-order valence-corrected chi connectivity index (χ4v) is 3.62. The molecule has 7 heteroatoms. The van der Waals surface area contributed by atoms with Gasteiger partial charge in [0.15, 0.2) is 6.61 Å². The van der Waals surface area contributed by atoms with Crippen molar-refractivity contribution in [1.82, 2.24) is 0 Å². The summed E-state index contributed by atoms with van der Waals surface area (Å²) < 4.78 is 22.1. The second-order valence-corrected chi connectivity index (χ2v) is 7.57. The molecule has 0 atom stereocenters. The van der Waals surface area contributed by atoms with Gasteiger partial charge < -0.3 is 18.6 Å². The Morgan fingerprint density at radius 1 is 1.07 bits per heavy atom. The van der Waals surface area contributed by atoms with Crippen LogP contribution in [0.3, 0.4) is 0 Å². The monoisotopic (exact) mass is 428 g/mol. The average Bonchev–Trinajstić information content (AvgIpc) is 2.76. The lowest BCUT2D eigenvalue weighted by Crippen LogP contribution is -2.24. The van der Waals surface area contributed by atoms with Crippen molar-refractivity contribution in [3.8, 4) is 17.2 Å². The summed E-state index contributed by atoms with van der Waals surface area (Å²) in [5, 5.41) is 0.720. The van der Waals surface area contributed by atoms with Crippen LogP contribution in [0.1, 0.15) is 32.1 Å². The highest BCUT2D eigenvalue weighted by molar-refractivity contribution is 6.32. The maximum atomic E-state index is 12.7. The Morgan fingerprint density at radius 3 is 2.67 bits per heavy atom. The Balaban J connectivity index is 1.43. The smallest absolute Gasteiger partial charge is 0.344 e. The molecule has 1 aliphatic rings. The third-order valence-electron chi connectivity index (χ3n) is 4.98. The highest BCUT2D eigenvalue weighted by atomic mass is 35.5. The molecule has 1 aromatic heterocycles. The van der Waals surface area contributed by atoms with Crippen molar-refractivity contribution >= 4 is 28.5 Å². The van der Waals surface area contributed by atoms with Crippen molar-refractivity contribution in [3.05, 3.63) is 64.0 Å². The van der Waals surface area contributed by atoms with E-state index in [4.69, 9.17) is 30.2 Å². The highest BCUT2D eigenvalue weighted by Crippen LogP contribution is 2.29. The normalized spacial score (nSPS) is 14.4.